The van der Waals surface area contributed by atoms with E-state index in [0.29, 0.717) is 36.6 Å². The van der Waals surface area contributed by atoms with Crippen molar-refractivity contribution >= 4 is 22.1 Å². The molecule has 8 nitrogen and oxygen atoms in total. The molecule has 2 N–H and O–H groups in total. The third kappa shape index (κ3) is 7.48. The van der Waals surface area contributed by atoms with Gasteiger partial charge in [0.15, 0.2) is 0 Å². The Balaban J connectivity index is 5.00. The predicted molar refractivity (Wildman–Crippen MR) is 83.6 cm³/mol. The first-order valence-electron chi connectivity index (χ1n) is 7.56. The summed E-state index contributed by atoms with van der Waals surface area (Å²) in [7, 11) is -3.94. The van der Waals surface area contributed by atoms with Gasteiger partial charge in [0, 0.05) is 6.54 Å². The van der Waals surface area contributed by atoms with E-state index < -0.39 is 22.1 Å². The zero-order valence-electron chi connectivity index (χ0n) is 13.7. The standard InChI is InChI=1S/C13H27N3O5S/c1-5-8-10-22(19,20)16(12(17)14-9-6-2)15-13(18)21-11(4)7-3/h11H,5-10H2,1-4H3,(H,14,17)(H,15,18). The maximum Gasteiger partial charge on any atom is 0.427 e. The molecular formula is C13H27N3O5S. The highest BCUT2D eigenvalue weighted by atomic mass is 32.2. The number of carbonyl (C=O) groups is 2. The molecule has 0 saturated heterocycles. The van der Waals surface area contributed by atoms with Gasteiger partial charge in [0.25, 0.3) is 10.0 Å². The van der Waals surface area contributed by atoms with Crippen LogP contribution in [0.2, 0.25) is 0 Å². The average Bonchev–Trinajstić information content (AvgIpc) is 2.47. The van der Waals surface area contributed by atoms with Crippen LogP contribution in [0.3, 0.4) is 0 Å². The summed E-state index contributed by atoms with van der Waals surface area (Å²) in [6, 6.07) is -0.890. The highest BCUT2D eigenvalue weighted by Crippen LogP contribution is 2.05. The number of amides is 3. The molecule has 0 saturated carbocycles. The number of nitrogens with one attached hydrogen (secondary N) is 2. The minimum atomic E-state index is -3.94. The fourth-order valence-electron chi connectivity index (χ4n) is 1.34. The van der Waals surface area contributed by atoms with Crippen LogP contribution in [0.4, 0.5) is 9.59 Å². The van der Waals surface area contributed by atoms with Crippen LogP contribution in [-0.2, 0) is 14.8 Å². The number of hydrazine groups is 1. The monoisotopic (exact) mass is 337 g/mol. The Bertz CT molecular complexity index is 453. The van der Waals surface area contributed by atoms with E-state index in [9.17, 15) is 18.0 Å². The van der Waals surface area contributed by atoms with Crippen molar-refractivity contribution < 1.29 is 22.7 Å². The van der Waals surface area contributed by atoms with Gasteiger partial charge in [-0.3, -0.25) is 0 Å². The van der Waals surface area contributed by atoms with Gasteiger partial charge < -0.3 is 10.1 Å². The van der Waals surface area contributed by atoms with Crippen LogP contribution in [-0.4, -0.2) is 43.4 Å². The number of sulfonamides is 1. The molecule has 0 radical (unpaired) electrons. The number of urea groups is 1. The average molecular weight is 337 g/mol. The summed E-state index contributed by atoms with van der Waals surface area (Å²) < 4.78 is 29.6. The number of carbonyl (C=O) groups excluding carboxylic acids is 2. The first kappa shape index (κ1) is 20.5. The predicted octanol–water partition coefficient (Wildman–Crippen LogP) is 1.98. The van der Waals surface area contributed by atoms with Gasteiger partial charge in [-0.2, -0.15) is 0 Å². The fourth-order valence-corrected chi connectivity index (χ4v) is 2.71. The molecule has 0 bridgehead atoms. The number of hydrogen-bond donors (Lipinski definition) is 2. The molecule has 1 unspecified atom stereocenters. The van der Waals surface area contributed by atoms with Gasteiger partial charge in [-0.25, -0.2) is 23.4 Å². The molecule has 0 aromatic heterocycles. The summed E-state index contributed by atoms with van der Waals surface area (Å²) in [6.45, 7) is 7.47. The van der Waals surface area contributed by atoms with Gasteiger partial charge in [0.1, 0.15) is 6.10 Å². The maximum absolute atomic E-state index is 12.2. The number of ether oxygens (including phenoxy) is 1. The van der Waals surface area contributed by atoms with Crippen molar-refractivity contribution in [2.75, 3.05) is 12.3 Å². The van der Waals surface area contributed by atoms with E-state index in [0.717, 1.165) is 0 Å². The normalized spacial score (nSPS) is 12.4. The lowest BCUT2D eigenvalue weighted by Gasteiger charge is -2.23. The fraction of sp³-hybridized carbons (Fsp3) is 0.846. The molecule has 0 aromatic carbocycles. The van der Waals surface area contributed by atoms with Crippen LogP contribution in [0.25, 0.3) is 0 Å². The molecule has 0 aliphatic rings. The molecule has 0 rings (SSSR count). The number of nitrogens with zero attached hydrogens (tertiary/aromatic N) is 1. The van der Waals surface area contributed by atoms with Crippen molar-refractivity contribution in [1.82, 2.24) is 15.2 Å². The number of unbranched alkanes of at least 4 members (excludes halogenated alkanes) is 1. The minimum absolute atomic E-state index is 0.230. The van der Waals surface area contributed by atoms with Crippen molar-refractivity contribution in [3.8, 4) is 0 Å². The topological polar surface area (TPSA) is 105 Å². The molecule has 0 aromatic rings. The van der Waals surface area contributed by atoms with Crippen LogP contribution < -0.4 is 10.7 Å². The highest BCUT2D eigenvalue weighted by Gasteiger charge is 2.29. The van der Waals surface area contributed by atoms with Crippen molar-refractivity contribution in [1.29, 1.82) is 0 Å². The van der Waals surface area contributed by atoms with E-state index in [1.807, 2.05) is 26.2 Å². The third-order valence-corrected chi connectivity index (χ3v) is 4.44. The summed E-state index contributed by atoms with van der Waals surface area (Å²) in [5.41, 5.74) is 2.01. The quantitative estimate of drug-likeness (QED) is 0.659. The van der Waals surface area contributed by atoms with Gasteiger partial charge in [0.05, 0.1) is 5.75 Å². The van der Waals surface area contributed by atoms with Crippen molar-refractivity contribution in [2.45, 2.75) is 59.5 Å². The van der Waals surface area contributed by atoms with E-state index in [4.69, 9.17) is 4.74 Å². The third-order valence-electron chi connectivity index (χ3n) is 2.82. The first-order valence-corrected chi connectivity index (χ1v) is 9.17. The molecule has 130 valence electrons. The Hall–Kier alpha value is -1.51. The van der Waals surface area contributed by atoms with E-state index in [1.54, 1.807) is 6.92 Å². The Morgan fingerprint density at radius 1 is 1.18 bits per heavy atom. The van der Waals surface area contributed by atoms with Crippen molar-refractivity contribution in [3.05, 3.63) is 0 Å². The zero-order valence-corrected chi connectivity index (χ0v) is 14.5. The van der Waals surface area contributed by atoms with E-state index in [1.165, 1.54) is 0 Å². The Labute approximate surface area is 132 Å². The zero-order chi connectivity index (χ0) is 17.2. The second kappa shape index (κ2) is 10.3. The number of rotatable bonds is 8. The molecule has 0 aliphatic carbocycles. The minimum Gasteiger partial charge on any atom is -0.445 e. The summed E-state index contributed by atoms with van der Waals surface area (Å²) in [5.74, 6) is -0.230. The Morgan fingerprint density at radius 3 is 2.32 bits per heavy atom. The van der Waals surface area contributed by atoms with Crippen molar-refractivity contribution in [2.24, 2.45) is 0 Å². The molecule has 22 heavy (non-hydrogen) atoms. The van der Waals surface area contributed by atoms with Crippen LogP contribution in [0.15, 0.2) is 0 Å². The molecule has 3 amide bonds. The lowest BCUT2D eigenvalue weighted by atomic mass is 10.3. The second-order valence-corrected chi connectivity index (χ2v) is 6.84. The van der Waals surface area contributed by atoms with Crippen LogP contribution in [0.5, 0.6) is 0 Å². The molecule has 1 atom stereocenters. The SMILES string of the molecule is CCCCS(=O)(=O)N(NC(=O)OC(C)CC)C(=O)NCCC. The van der Waals surface area contributed by atoms with E-state index in [2.05, 4.69) is 5.32 Å². The van der Waals surface area contributed by atoms with Gasteiger partial charge in [-0.1, -0.05) is 27.2 Å². The summed E-state index contributed by atoms with van der Waals surface area (Å²) in [6.07, 6.45) is 0.923. The van der Waals surface area contributed by atoms with E-state index >= 15 is 0 Å². The molecule has 9 heteroatoms. The van der Waals surface area contributed by atoms with Crippen molar-refractivity contribution in [3.63, 3.8) is 0 Å². The van der Waals surface area contributed by atoms with Gasteiger partial charge >= 0.3 is 12.1 Å². The molecular weight excluding hydrogens is 310 g/mol. The Morgan fingerprint density at radius 2 is 1.82 bits per heavy atom. The largest absolute Gasteiger partial charge is 0.445 e. The maximum atomic E-state index is 12.2. The molecule has 0 aliphatic heterocycles. The molecule has 0 heterocycles. The molecule has 0 spiro atoms. The lowest BCUT2D eigenvalue weighted by Crippen LogP contribution is -2.54. The lowest BCUT2D eigenvalue weighted by molar-refractivity contribution is 0.0927. The summed E-state index contributed by atoms with van der Waals surface area (Å²) in [5, 5.41) is 2.43. The highest BCUT2D eigenvalue weighted by molar-refractivity contribution is 7.89. The van der Waals surface area contributed by atoms with E-state index in [-0.39, 0.29) is 11.9 Å². The van der Waals surface area contributed by atoms with Gasteiger partial charge in [-0.15, -0.1) is 4.41 Å². The Kier molecular flexibility index (Phi) is 9.55. The second-order valence-electron chi connectivity index (χ2n) is 4.90. The van der Waals surface area contributed by atoms with Crippen LogP contribution in [0.1, 0.15) is 53.4 Å². The summed E-state index contributed by atoms with van der Waals surface area (Å²) in [4.78, 5) is 23.7. The number of hydrogen-bond acceptors (Lipinski definition) is 5. The first-order chi connectivity index (χ1) is 10.3. The van der Waals surface area contributed by atoms with Crippen LogP contribution in [0, 0.1) is 0 Å². The smallest absolute Gasteiger partial charge is 0.427 e. The molecule has 0 fully saturated rings. The van der Waals surface area contributed by atoms with Gasteiger partial charge in [0.2, 0.25) is 0 Å². The van der Waals surface area contributed by atoms with Gasteiger partial charge in [-0.05, 0) is 26.2 Å². The summed E-state index contributed by atoms with van der Waals surface area (Å²) >= 11 is 0. The van der Waals surface area contributed by atoms with Crippen LogP contribution >= 0.6 is 0 Å².